The lowest BCUT2D eigenvalue weighted by molar-refractivity contribution is -0.130. The number of hydrogen-bond donors (Lipinski definition) is 2. The van der Waals surface area contributed by atoms with Crippen molar-refractivity contribution >= 4 is 35.8 Å². The number of aliphatic imine (C=N–C) groups is 1. The molecule has 1 aromatic rings. The van der Waals surface area contributed by atoms with E-state index >= 15 is 0 Å². The van der Waals surface area contributed by atoms with Crippen molar-refractivity contribution in [3.63, 3.8) is 0 Å². The van der Waals surface area contributed by atoms with Crippen LogP contribution in [-0.4, -0.2) is 68.0 Å². The molecular weight excluding hydrogens is 460 g/mol. The van der Waals surface area contributed by atoms with Gasteiger partial charge in [0.2, 0.25) is 5.91 Å². The molecule has 0 bridgehead atoms. The number of carbonyl (C=O) groups excluding carboxylic acids is 1. The highest BCUT2D eigenvalue weighted by Crippen LogP contribution is 2.16. The Balaban J connectivity index is 0.00000364. The van der Waals surface area contributed by atoms with Crippen LogP contribution in [0.5, 0.6) is 0 Å². The van der Waals surface area contributed by atoms with E-state index in [-0.39, 0.29) is 41.7 Å². The first-order chi connectivity index (χ1) is 12.4. The molecule has 6 nitrogen and oxygen atoms in total. The molecule has 2 rings (SSSR count). The number of benzene rings is 1. The number of hydrogen-bond acceptors (Lipinski definition) is 3. The van der Waals surface area contributed by atoms with Crippen molar-refractivity contribution in [3.05, 3.63) is 35.1 Å². The summed E-state index contributed by atoms with van der Waals surface area (Å²) < 4.78 is 13.7. The minimum Gasteiger partial charge on any atom is -0.355 e. The smallest absolute Gasteiger partial charge is 0.219 e. The lowest BCUT2D eigenvalue weighted by atomic mass is 10.1. The van der Waals surface area contributed by atoms with Gasteiger partial charge in [0.05, 0.1) is 6.04 Å². The molecule has 8 heteroatoms. The molecule has 1 amide bonds. The predicted molar refractivity (Wildman–Crippen MR) is 118 cm³/mol. The summed E-state index contributed by atoms with van der Waals surface area (Å²) in [6, 6.07) is 5.24. The third-order valence-corrected chi connectivity index (χ3v) is 4.81. The van der Waals surface area contributed by atoms with Crippen LogP contribution in [0.15, 0.2) is 23.2 Å². The van der Waals surface area contributed by atoms with Crippen molar-refractivity contribution in [2.45, 2.75) is 26.8 Å². The summed E-state index contributed by atoms with van der Waals surface area (Å²) in [6.45, 7) is 10.4. The van der Waals surface area contributed by atoms with Gasteiger partial charge in [0.15, 0.2) is 5.96 Å². The van der Waals surface area contributed by atoms with Crippen molar-refractivity contribution in [2.24, 2.45) is 4.99 Å². The van der Waals surface area contributed by atoms with Crippen LogP contribution in [0.25, 0.3) is 0 Å². The van der Waals surface area contributed by atoms with E-state index in [0.29, 0.717) is 11.5 Å². The van der Waals surface area contributed by atoms with Crippen molar-refractivity contribution < 1.29 is 9.18 Å². The highest BCUT2D eigenvalue weighted by molar-refractivity contribution is 14.0. The van der Waals surface area contributed by atoms with E-state index in [4.69, 9.17) is 0 Å². The first kappa shape index (κ1) is 23.6. The standard InChI is InChI=1S/C19H30FN5O.HI/c1-14-5-6-17(13-18(14)20)15(2)23-19(21-4)22-7-8-24-9-11-25(12-10-24)16(3)26;/h5-6,13,15H,7-12H2,1-4H3,(H2,21,22,23);1H. The maximum Gasteiger partial charge on any atom is 0.219 e. The number of nitrogens with one attached hydrogen (secondary N) is 2. The molecule has 0 aromatic heterocycles. The summed E-state index contributed by atoms with van der Waals surface area (Å²) in [5.41, 5.74) is 1.53. The van der Waals surface area contributed by atoms with Gasteiger partial charge in [0.25, 0.3) is 0 Å². The van der Waals surface area contributed by atoms with Crippen LogP contribution in [0.1, 0.15) is 31.0 Å². The van der Waals surface area contributed by atoms with Gasteiger partial charge in [0, 0.05) is 53.2 Å². The second-order valence-electron chi connectivity index (χ2n) is 6.72. The summed E-state index contributed by atoms with van der Waals surface area (Å²) >= 11 is 0. The fraction of sp³-hybridized carbons (Fsp3) is 0.579. The Morgan fingerprint density at radius 1 is 1.30 bits per heavy atom. The van der Waals surface area contributed by atoms with E-state index in [9.17, 15) is 9.18 Å². The molecular formula is C19H31FIN5O. The van der Waals surface area contributed by atoms with Gasteiger partial charge < -0.3 is 15.5 Å². The van der Waals surface area contributed by atoms with Gasteiger partial charge in [-0.15, -0.1) is 24.0 Å². The molecule has 1 aromatic carbocycles. The summed E-state index contributed by atoms with van der Waals surface area (Å²) in [5.74, 6) is 0.651. The largest absolute Gasteiger partial charge is 0.355 e. The monoisotopic (exact) mass is 491 g/mol. The highest BCUT2D eigenvalue weighted by atomic mass is 127. The number of aryl methyl sites for hydroxylation is 1. The predicted octanol–water partition coefficient (Wildman–Crippen LogP) is 2.14. The maximum atomic E-state index is 13.7. The molecule has 0 saturated carbocycles. The Labute approximate surface area is 178 Å². The van der Waals surface area contributed by atoms with Crippen molar-refractivity contribution in [3.8, 4) is 0 Å². The number of carbonyl (C=O) groups is 1. The van der Waals surface area contributed by atoms with E-state index in [1.165, 1.54) is 0 Å². The Hall–Kier alpha value is -1.42. The second-order valence-corrected chi connectivity index (χ2v) is 6.72. The Bertz CT molecular complexity index is 647. The van der Waals surface area contributed by atoms with Gasteiger partial charge in [-0.2, -0.15) is 0 Å². The van der Waals surface area contributed by atoms with Crippen LogP contribution in [0.4, 0.5) is 4.39 Å². The average molecular weight is 491 g/mol. The highest BCUT2D eigenvalue weighted by Gasteiger charge is 2.18. The molecule has 1 unspecified atom stereocenters. The third-order valence-electron chi connectivity index (χ3n) is 4.81. The molecule has 2 N–H and O–H groups in total. The zero-order chi connectivity index (χ0) is 19.1. The van der Waals surface area contributed by atoms with Gasteiger partial charge in [-0.1, -0.05) is 12.1 Å². The number of amides is 1. The van der Waals surface area contributed by atoms with Crippen LogP contribution >= 0.6 is 24.0 Å². The fourth-order valence-corrected chi connectivity index (χ4v) is 2.98. The summed E-state index contributed by atoms with van der Waals surface area (Å²) in [6.07, 6.45) is 0. The third kappa shape index (κ3) is 7.25. The molecule has 1 heterocycles. The first-order valence-electron chi connectivity index (χ1n) is 9.11. The normalized spacial score (nSPS) is 16.5. The topological polar surface area (TPSA) is 60.0 Å². The van der Waals surface area contributed by atoms with E-state index < -0.39 is 0 Å². The average Bonchev–Trinajstić information content (AvgIpc) is 2.63. The molecule has 0 radical (unpaired) electrons. The molecule has 27 heavy (non-hydrogen) atoms. The van der Waals surface area contributed by atoms with Gasteiger partial charge in [-0.3, -0.25) is 14.7 Å². The Morgan fingerprint density at radius 3 is 2.52 bits per heavy atom. The van der Waals surface area contributed by atoms with E-state index in [1.807, 2.05) is 17.9 Å². The van der Waals surface area contributed by atoms with Crippen LogP contribution in [-0.2, 0) is 4.79 Å². The molecule has 152 valence electrons. The van der Waals surface area contributed by atoms with Crippen LogP contribution in [0, 0.1) is 12.7 Å². The maximum absolute atomic E-state index is 13.7. The van der Waals surface area contributed by atoms with Crippen molar-refractivity contribution in [2.75, 3.05) is 46.3 Å². The van der Waals surface area contributed by atoms with E-state index in [2.05, 4.69) is 20.5 Å². The molecule has 1 aliphatic heterocycles. The van der Waals surface area contributed by atoms with E-state index in [1.54, 1.807) is 33.0 Å². The van der Waals surface area contributed by atoms with Gasteiger partial charge in [-0.25, -0.2) is 4.39 Å². The summed E-state index contributed by atoms with van der Waals surface area (Å²) in [7, 11) is 1.73. The van der Waals surface area contributed by atoms with Crippen LogP contribution in [0.2, 0.25) is 0 Å². The first-order valence-corrected chi connectivity index (χ1v) is 9.11. The summed E-state index contributed by atoms with van der Waals surface area (Å²) in [5, 5.41) is 6.59. The van der Waals surface area contributed by atoms with Crippen LogP contribution < -0.4 is 10.6 Å². The Morgan fingerprint density at radius 2 is 1.96 bits per heavy atom. The number of nitrogens with zero attached hydrogens (tertiary/aromatic N) is 3. The van der Waals surface area contributed by atoms with Gasteiger partial charge in [-0.05, 0) is 31.0 Å². The van der Waals surface area contributed by atoms with Crippen molar-refractivity contribution in [1.29, 1.82) is 0 Å². The zero-order valence-corrected chi connectivity index (χ0v) is 18.9. The number of rotatable bonds is 5. The van der Waals surface area contributed by atoms with E-state index in [0.717, 1.165) is 44.8 Å². The molecule has 0 aliphatic carbocycles. The quantitative estimate of drug-likeness (QED) is 0.377. The van der Waals surface area contributed by atoms with Crippen molar-refractivity contribution in [1.82, 2.24) is 20.4 Å². The van der Waals surface area contributed by atoms with Gasteiger partial charge >= 0.3 is 0 Å². The van der Waals surface area contributed by atoms with Gasteiger partial charge in [0.1, 0.15) is 5.82 Å². The number of halogens is 2. The lowest BCUT2D eigenvalue weighted by Crippen LogP contribution is -2.50. The fourth-order valence-electron chi connectivity index (χ4n) is 2.98. The molecule has 1 aliphatic rings. The number of guanidine groups is 1. The Kier molecular flexibility index (Phi) is 10.00. The molecule has 1 fully saturated rings. The zero-order valence-electron chi connectivity index (χ0n) is 16.6. The van der Waals surface area contributed by atoms with Crippen LogP contribution in [0.3, 0.4) is 0 Å². The molecule has 1 saturated heterocycles. The lowest BCUT2D eigenvalue weighted by Gasteiger charge is -2.34. The second kappa shape index (κ2) is 11.4. The molecule has 0 spiro atoms. The minimum atomic E-state index is -0.191. The summed E-state index contributed by atoms with van der Waals surface area (Å²) in [4.78, 5) is 19.8. The SMILES string of the molecule is CN=C(NCCN1CCN(C(C)=O)CC1)NC(C)c1ccc(C)c(F)c1.I. The minimum absolute atomic E-state index is 0. The molecule has 1 atom stereocenters. The number of piperazine rings is 1.